The van der Waals surface area contributed by atoms with Crippen molar-refractivity contribution >= 4 is 50.7 Å². The van der Waals surface area contributed by atoms with Gasteiger partial charge in [0.15, 0.2) is 0 Å². The number of aryl methyl sites for hydroxylation is 2. The van der Waals surface area contributed by atoms with E-state index in [-0.39, 0.29) is 41.2 Å². The van der Waals surface area contributed by atoms with Gasteiger partial charge in [0.1, 0.15) is 18.3 Å². The summed E-state index contributed by atoms with van der Waals surface area (Å²) in [5.74, 6) is -0.708. The van der Waals surface area contributed by atoms with Gasteiger partial charge in [0.2, 0.25) is 11.8 Å². The first-order valence-corrected chi connectivity index (χ1v) is 17.8. The molecule has 4 rings (SSSR count). The van der Waals surface area contributed by atoms with Crippen molar-refractivity contribution in [3.05, 3.63) is 123 Å². The third-order valence-corrected chi connectivity index (χ3v) is 10.5. The second kappa shape index (κ2) is 16.4. The van der Waals surface area contributed by atoms with Crippen LogP contribution in [0.5, 0.6) is 5.75 Å². The quantitative estimate of drug-likeness (QED) is 0.148. The molecule has 0 aliphatic heterocycles. The Kier molecular flexibility index (Phi) is 12.5. The number of carbonyl (C=O) groups is 2. The summed E-state index contributed by atoms with van der Waals surface area (Å²) in [5, 5.41) is 3.75. The van der Waals surface area contributed by atoms with Crippen LogP contribution in [-0.4, -0.2) is 50.9 Å². The Morgan fingerprint density at radius 1 is 0.896 bits per heavy atom. The van der Waals surface area contributed by atoms with E-state index in [2.05, 4.69) is 5.32 Å². The molecular weight excluding hydrogens is 669 g/mol. The SMILES string of the molecule is CCC(C)NC(=O)C(Cc1ccccc1)N(Cc1ccc(Cl)cc1Cl)C(=O)CN(c1cc(C)ccc1OC)S(=O)(=O)c1ccc(C)cc1. The number of nitrogens with one attached hydrogen (secondary N) is 1. The van der Waals surface area contributed by atoms with Gasteiger partial charge in [-0.15, -0.1) is 0 Å². The molecule has 8 nitrogen and oxygen atoms in total. The lowest BCUT2D eigenvalue weighted by atomic mass is 10.0. The van der Waals surface area contributed by atoms with Gasteiger partial charge in [-0.2, -0.15) is 0 Å². The van der Waals surface area contributed by atoms with Gasteiger partial charge in [0.05, 0.1) is 17.7 Å². The van der Waals surface area contributed by atoms with E-state index in [1.165, 1.54) is 24.1 Å². The van der Waals surface area contributed by atoms with Crippen LogP contribution in [0.2, 0.25) is 10.0 Å². The molecule has 0 aromatic heterocycles. The summed E-state index contributed by atoms with van der Waals surface area (Å²) in [6.07, 6.45) is 0.856. The van der Waals surface area contributed by atoms with E-state index in [1.807, 2.05) is 58.0 Å². The highest BCUT2D eigenvalue weighted by Crippen LogP contribution is 2.34. The highest BCUT2D eigenvalue weighted by molar-refractivity contribution is 7.92. The smallest absolute Gasteiger partial charge is 0.264 e. The minimum atomic E-state index is -4.30. The molecule has 0 aliphatic carbocycles. The van der Waals surface area contributed by atoms with Crippen molar-refractivity contribution in [2.45, 2.75) is 64.1 Å². The number of nitrogens with zero attached hydrogens (tertiary/aromatic N) is 2. The second-order valence-electron chi connectivity index (χ2n) is 11.8. The van der Waals surface area contributed by atoms with E-state index < -0.39 is 28.5 Å². The zero-order chi connectivity index (χ0) is 35.0. The van der Waals surface area contributed by atoms with Crippen LogP contribution in [0.4, 0.5) is 5.69 Å². The molecular formula is C37H41Cl2N3O5S. The van der Waals surface area contributed by atoms with Crippen LogP contribution < -0.4 is 14.4 Å². The molecule has 0 saturated heterocycles. The van der Waals surface area contributed by atoms with Gasteiger partial charge in [-0.05, 0) is 80.3 Å². The van der Waals surface area contributed by atoms with Crippen molar-refractivity contribution in [1.82, 2.24) is 10.2 Å². The number of ether oxygens (including phenoxy) is 1. The third-order valence-electron chi connectivity index (χ3n) is 8.12. The molecule has 48 heavy (non-hydrogen) atoms. The molecule has 0 aliphatic rings. The summed E-state index contributed by atoms with van der Waals surface area (Å²) in [6.45, 7) is 6.83. The van der Waals surface area contributed by atoms with E-state index in [0.717, 1.165) is 21.0 Å². The number of hydrogen-bond donors (Lipinski definition) is 1. The van der Waals surface area contributed by atoms with E-state index in [1.54, 1.807) is 48.5 Å². The predicted molar refractivity (Wildman–Crippen MR) is 192 cm³/mol. The molecule has 0 spiro atoms. The summed E-state index contributed by atoms with van der Waals surface area (Å²) >= 11 is 12.8. The van der Waals surface area contributed by atoms with Crippen molar-refractivity contribution < 1.29 is 22.7 Å². The van der Waals surface area contributed by atoms with Crippen LogP contribution in [0.1, 0.15) is 42.5 Å². The highest BCUT2D eigenvalue weighted by Gasteiger charge is 2.36. The summed E-state index contributed by atoms with van der Waals surface area (Å²) in [6, 6.07) is 24.6. The van der Waals surface area contributed by atoms with Crippen LogP contribution in [0.25, 0.3) is 0 Å². The topological polar surface area (TPSA) is 96.0 Å². The summed E-state index contributed by atoms with van der Waals surface area (Å²) < 4.78 is 35.4. The highest BCUT2D eigenvalue weighted by atomic mass is 35.5. The molecule has 254 valence electrons. The number of anilines is 1. The van der Waals surface area contributed by atoms with Gasteiger partial charge in [-0.25, -0.2) is 8.42 Å². The lowest BCUT2D eigenvalue weighted by Gasteiger charge is -2.34. The number of amides is 2. The Balaban J connectivity index is 1.88. The Morgan fingerprint density at radius 2 is 1.56 bits per heavy atom. The largest absolute Gasteiger partial charge is 0.495 e. The molecule has 0 heterocycles. The maximum absolute atomic E-state index is 14.7. The molecule has 1 N–H and O–H groups in total. The molecule has 2 amide bonds. The fourth-order valence-corrected chi connectivity index (χ4v) is 7.06. The Labute approximate surface area is 293 Å². The monoisotopic (exact) mass is 709 g/mol. The van der Waals surface area contributed by atoms with Crippen molar-refractivity contribution in [3.8, 4) is 5.75 Å². The van der Waals surface area contributed by atoms with Crippen LogP contribution >= 0.6 is 23.2 Å². The Morgan fingerprint density at radius 3 is 2.19 bits per heavy atom. The molecule has 0 saturated carbocycles. The fourth-order valence-electron chi connectivity index (χ4n) is 5.17. The number of halogens is 2. The minimum Gasteiger partial charge on any atom is -0.495 e. The average Bonchev–Trinajstić information content (AvgIpc) is 3.06. The molecule has 4 aromatic carbocycles. The van der Waals surface area contributed by atoms with Crippen LogP contribution in [-0.2, 0) is 32.6 Å². The van der Waals surface area contributed by atoms with Crippen LogP contribution in [0.3, 0.4) is 0 Å². The third kappa shape index (κ3) is 9.09. The summed E-state index contributed by atoms with van der Waals surface area (Å²) in [4.78, 5) is 30.2. The zero-order valence-electron chi connectivity index (χ0n) is 27.7. The maximum Gasteiger partial charge on any atom is 0.264 e. The number of sulfonamides is 1. The maximum atomic E-state index is 14.7. The second-order valence-corrected chi connectivity index (χ2v) is 14.5. The van der Waals surface area contributed by atoms with E-state index in [9.17, 15) is 18.0 Å². The summed E-state index contributed by atoms with van der Waals surface area (Å²) in [5.41, 5.74) is 3.21. The number of benzene rings is 4. The van der Waals surface area contributed by atoms with Crippen LogP contribution in [0.15, 0.2) is 95.9 Å². The summed E-state index contributed by atoms with van der Waals surface area (Å²) in [7, 11) is -2.86. The number of methoxy groups -OCH3 is 1. The van der Waals surface area contributed by atoms with Gasteiger partial charge in [-0.1, -0.05) is 90.3 Å². The molecule has 4 aromatic rings. The van der Waals surface area contributed by atoms with E-state index >= 15 is 0 Å². The zero-order valence-corrected chi connectivity index (χ0v) is 30.1. The van der Waals surface area contributed by atoms with Gasteiger partial charge in [0, 0.05) is 29.1 Å². The van der Waals surface area contributed by atoms with Crippen molar-refractivity contribution in [3.63, 3.8) is 0 Å². The minimum absolute atomic E-state index is 0.00658. The van der Waals surface area contributed by atoms with E-state index in [4.69, 9.17) is 27.9 Å². The number of carbonyl (C=O) groups excluding carboxylic acids is 2. The molecule has 2 atom stereocenters. The number of rotatable bonds is 14. The van der Waals surface area contributed by atoms with Crippen molar-refractivity contribution in [2.75, 3.05) is 18.0 Å². The fraction of sp³-hybridized carbons (Fsp3) is 0.297. The van der Waals surface area contributed by atoms with Gasteiger partial charge >= 0.3 is 0 Å². The Bertz CT molecular complexity index is 1840. The molecule has 0 radical (unpaired) electrons. The van der Waals surface area contributed by atoms with Crippen LogP contribution in [0, 0.1) is 13.8 Å². The molecule has 2 unspecified atom stereocenters. The van der Waals surface area contributed by atoms with Gasteiger partial charge in [-0.3, -0.25) is 13.9 Å². The number of hydrogen-bond acceptors (Lipinski definition) is 5. The van der Waals surface area contributed by atoms with Gasteiger partial charge < -0.3 is 15.0 Å². The Hall–Kier alpha value is -4.05. The first-order chi connectivity index (χ1) is 22.8. The average molecular weight is 711 g/mol. The van der Waals surface area contributed by atoms with Crippen molar-refractivity contribution in [1.29, 1.82) is 0 Å². The first-order valence-electron chi connectivity index (χ1n) is 15.7. The molecule has 0 fully saturated rings. The van der Waals surface area contributed by atoms with E-state index in [0.29, 0.717) is 22.0 Å². The van der Waals surface area contributed by atoms with Gasteiger partial charge in [0.25, 0.3) is 10.0 Å². The van der Waals surface area contributed by atoms with Crippen molar-refractivity contribution in [2.24, 2.45) is 0 Å². The predicted octanol–water partition coefficient (Wildman–Crippen LogP) is 7.37. The normalized spacial score (nSPS) is 12.6. The molecule has 11 heteroatoms. The lowest BCUT2D eigenvalue weighted by Crippen LogP contribution is -2.54. The standard InChI is InChI=1S/C37H41Cl2N3O5S/c1-6-27(4)40-37(44)34(21-28-10-8-7-9-11-28)41(23-29-15-16-30(38)22-32(29)39)36(43)24-42(33-20-26(3)14-19-35(33)47-5)48(45,46)31-17-12-25(2)13-18-31/h7-20,22,27,34H,6,21,23-24H2,1-5H3,(H,40,44). The molecule has 0 bridgehead atoms. The lowest BCUT2D eigenvalue weighted by molar-refractivity contribution is -0.140. The first kappa shape index (κ1) is 36.8.